The Morgan fingerprint density at radius 2 is 2.17 bits per heavy atom. The standard InChI is InChI=1S/C14H19NO3/c1-17-14(16)13(12-4-5-12)18-10-2-3-11-6-8-15-9-7-11/h6-9,12-13H,2-5,10H2,1H3. The summed E-state index contributed by atoms with van der Waals surface area (Å²) in [5, 5.41) is 0. The van der Waals surface area contributed by atoms with Crippen molar-refractivity contribution in [3.05, 3.63) is 30.1 Å². The molecule has 1 aliphatic rings. The molecular formula is C14H19NO3. The fraction of sp³-hybridized carbons (Fsp3) is 0.571. The number of nitrogens with zero attached hydrogens (tertiary/aromatic N) is 1. The molecule has 4 heteroatoms. The number of ether oxygens (including phenoxy) is 2. The Hall–Kier alpha value is -1.42. The fourth-order valence-electron chi connectivity index (χ4n) is 1.95. The predicted octanol–water partition coefficient (Wildman–Crippen LogP) is 1.98. The van der Waals surface area contributed by atoms with E-state index < -0.39 is 0 Å². The van der Waals surface area contributed by atoms with E-state index in [1.165, 1.54) is 12.7 Å². The van der Waals surface area contributed by atoms with Crippen LogP contribution in [0.25, 0.3) is 0 Å². The molecule has 1 unspecified atom stereocenters. The third-order valence-corrected chi connectivity index (χ3v) is 3.14. The summed E-state index contributed by atoms with van der Waals surface area (Å²) in [5.74, 6) is 0.139. The Kier molecular flexibility index (Phi) is 4.70. The van der Waals surface area contributed by atoms with Gasteiger partial charge in [0.2, 0.25) is 0 Å². The Labute approximate surface area is 107 Å². The Morgan fingerprint density at radius 3 is 2.78 bits per heavy atom. The summed E-state index contributed by atoms with van der Waals surface area (Å²) in [5.41, 5.74) is 1.25. The van der Waals surface area contributed by atoms with Crippen molar-refractivity contribution in [3.8, 4) is 0 Å². The van der Waals surface area contributed by atoms with Gasteiger partial charge in [0.25, 0.3) is 0 Å². The lowest BCUT2D eigenvalue weighted by Gasteiger charge is -2.14. The molecule has 1 aromatic rings. The molecule has 1 fully saturated rings. The lowest BCUT2D eigenvalue weighted by atomic mass is 10.1. The van der Waals surface area contributed by atoms with Gasteiger partial charge in [-0.2, -0.15) is 0 Å². The first-order chi connectivity index (χ1) is 8.81. The Balaban J connectivity index is 1.69. The fourth-order valence-corrected chi connectivity index (χ4v) is 1.95. The van der Waals surface area contributed by atoms with Crippen molar-refractivity contribution in [3.63, 3.8) is 0 Å². The minimum atomic E-state index is -0.354. The number of aryl methyl sites for hydroxylation is 1. The SMILES string of the molecule is COC(=O)C(OCCCc1ccncc1)C1CC1. The molecule has 1 aromatic heterocycles. The molecule has 1 atom stereocenters. The molecule has 1 heterocycles. The van der Waals surface area contributed by atoms with Crippen LogP contribution in [0.4, 0.5) is 0 Å². The van der Waals surface area contributed by atoms with Crippen LogP contribution in [-0.2, 0) is 20.7 Å². The van der Waals surface area contributed by atoms with Crippen LogP contribution >= 0.6 is 0 Å². The van der Waals surface area contributed by atoms with Crippen molar-refractivity contribution < 1.29 is 14.3 Å². The molecule has 18 heavy (non-hydrogen) atoms. The smallest absolute Gasteiger partial charge is 0.335 e. The van der Waals surface area contributed by atoms with Gasteiger partial charge >= 0.3 is 5.97 Å². The van der Waals surface area contributed by atoms with E-state index in [-0.39, 0.29) is 12.1 Å². The molecule has 0 radical (unpaired) electrons. The predicted molar refractivity (Wildman–Crippen MR) is 67.0 cm³/mol. The van der Waals surface area contributed by atoms with Crippen molar-refractivity contribution in [2.24, 2.45) is 5.92 Å². The molecule has 0 amide bonds. The molecule has 0 spiro atoms. The van der Waals surface area contributed by atoms with Gasteiger partial charge < -0.3 is 9.47 Å². The minimum absolute atomic E-state index is 0.235. The quantitative estimate of drug-likeness (QED) is 0.547. The number of aromatic nitrogens is 1. The number of pyridine rings is 1. The van der Waals surface area contributed by atoms with Crippen LogP contribution in [0.2, 0.25) is 0 Å². The van der Waals surface area contributed by atoms with Crippen LogP contribution in [0.1, 0.15) is 24.8 Å². The molecule has 98 valence electrons. The van der Waals surface area contributed by atoms with Crippen LogP contribution in [0.5, 0.6) is 0 Å². The summed E-state index contributed by atoms with van der Waals surface area (Å²) in [6.07, 6.45) is 7.22. The second-order valence-corrected chi connectivity index (χ2v) is 4.61. The molecule has 1 aliphatic carbocycles. The molecule has 0 saturated heterocycles. The van der Waals surface area contributed by atoms with Crippen LogP contribution in [0, 0.1) is 5.92 Å². The van der Waals surface area contributed by atoms with Crippen LogP contribution < -0.4 is 0 Å². The van der Waals surface area contributed by atoms with E-state index in [0.29, 0.717) is 12.5 Å². The molecule has 0 N–H and O–H groups in total. The zero-order chi connectivity index (χ0) is 12.8. The van der Waals surface area contributed by atoms with Gasteiger partial charge in [0.15, 0.2) is 6.10 Å². The number of hydrogen-bond acceptors (Lipinski definition) is 4. The zero-order valence-electron chi connectivity index (χ0n) is 10.7. The number of carbonyl (C=O) groups is 1. The van der Waals surface area contributed by atoms with E-state index in [0.717, 1.165) is 25.7 Å². The van der Waals surface area contributed by atoms with Gasteiger partial charge in [-0.3, -0.25) is 4.98 Å². The van der Waals surface area contributed by atoms with Crippen molar-refractivity contribution in [2.75, 3.05) is 13.7 Å². The lowest BCUT2D eigenvalue weighted by Crippen LogP contribution is -2.28. The average molecular weight is 249 g/mol. The van der Waals surface area contributed by atoms with Gasteiger partial charge in [0, 0.05) is 19.0 Å². The van der Waals surface area contributed by atoms with Gasteiger partial charge in [-0.15, -0.1) is 0 Å². The summed E-state index contributed by atoms with van der Waals surface area (Å²) in [4.78, 5) is 15.5. The van der Waals surface area contributed by atoms with E-state index in [9.17, 15) is 4.79 Å². The average Bonchev–Trinajstić information content (AvgIpc) is 3.23. The molecule has 1 saturated carbocycles. The number of methoxy groups -OCH3 is 1. The maximum absolute atomic E-state index is 11.5. The van der Waals surface area contributed by atoms with E-state index in [1.54, 1.807) is 12.4 Å². The van der Waals surface area contributed by atoms with Crippen molar-refractivity contribution in [1.29, 1.82) is 0 Å². The lowest BCUT2D eigenvalue weighted by molar-refractivity contribution is -0.155. The Morgan fingerprint density at radius 1 is 1.44 bits per heavy atom. The second-order valence-electron chi connectivity index (χ2n) is 4.61. The van der Waals surface area contributed by atoms with Crippen molar-refractivity contribution in [1.82, 2.24) is 4.98 Å². The number of carbonyl (C=O) groups excluding carboxylic acids is 1. The normalized spacial score (nSPS) is 16.3. The molecule has 2 rings (SSSR count). The topological polar surface area (TPSA) is 48.4 Å². The van der Waals surface area contributed by atoms with Crippen molar-refractivity contribution >= 4 is 5.97 Å². The molecular weight excluding hydrogens is 230 g/mol. The first kappa shape index (κ1) is 13.0. The van der Waals surface area contributed by atoms with Gasteiger partial charge in [0.05, 0.1) is 7.11 Å². The zero-order valence-corrected chi connectivity index (χ0v) is 10.7. The number of hydrogen-bond donors (Lipinski definition) is 0. The molecule has 4 nitrogen and oxygen atoms in total. The summed E-state index contributed by atoms with van der Waals surface area (Å²) in [6, 6.07) is 4.00. The number of esters is 1. The summed E-state index contributed by atoms with van der Waals surface area (Å²) < 4.78 is 10.4. The molecule has 0 aromatic carbocycles. The van der Waals surface area contributed by atoms with Gasteiger partial charge in [-0.1, -0.05) is 0 Å². The van der Waals surface area contributed by atoms with Crippen molar-refractivity contribution in [2.45, 2.75) is 31.8 Å². The first-order valence-electron chi connectivity index (χ1n) is 6.39. The second kappa shape index (κ2) is 6.50. The van der Waals surface area contributed by atoms with E-state index in [4.69, 9.17) is 9.47 Å². The maximum atomic E-state index is 11.5. The van der Waals surface area contributed by atoms with E-state index in [1.807, 2.05) is 12.1 Å². The summed E-state index contributed by atoms with van der Waals surface area (Å²) in [7, 11) is 1.41. The van der Waals surface area contributed by atoms with Gasteiger partial charge in [0.1, 0.15) is 0 Å². The minimum Gasteiger partial charge on any atom is -0.467 e. The van der Waals surface area contributed by atoms with Gasteiger partial charge in [-0.05, 0) is 49.3 Å². The maximum Gasteiger partial charge on any atom is 0.335 e. The Bertz CT molecular complexity index is 376. The van der Waals surface area contributed by atoms with Gasteiger partial charge in [-0.25, -0.2) is 4.79 Å². The largest absolute Gasteiger partial charge is 0.467 e. The van der Waals surface area contributed by atoms with E-state index in [2.05, 4.69) is 4.98 Å². The van der Waals surface area contributed by atoms with E-state index >= 15 is 0 Å². The highest BCUT2D eigenvalue weighted by Gasteiger charge is 2.37. The summed E-state index contributed by atoms with van der Waals surface area (Å²) in [6.45, 7) is 0.596. The van der Waals surface area contributed by atoms with Crippen LogP contribution in [-0.4, -0.2) is 30.8 Å². The van der Waals surface area contributed by atoms with Crippen LogP contribution in [0.3, 0.4) is 0 Å². The molecule has 0 bridgehead atoms. The first-order valence-corrected chi connectivity index (χ1v) is 6.39. The highest BCUT2D eigenvalue weighted by atomic mass is 16.6. The highest BCUT2D eigenvalue weighted by Crippen LogP contribution is 2.34. The highest BCUT2D eigenvalue weighted by molar-refractivity contribution is 5.75. The third kappa shape index (κ3) is 3.81. The number of rotatable bonds is 7. The molecule has 0 aliphatic heterocycles. The monoisotopic (exact) mass is 249 g/mol. The summed E-state index contributed by atoms with van der Waals surface area (Å²) >= 11 is 0. The van der Waals surface area contributed by atoms with Crippen LogP contribution in [0.15, 0.2) is 24.5 Å². The third-order valence-electron chi connectivity index (χ3n) is 3.14.